The van der Waals surface area contributed by atoms with E-state index < -0.39 is 6.10 Å². The fourth-order valence-electron chi connectivity index (χ4n) is 8.05. The molecule has 0 radical (unpaired) electrons. The van der Waals surface area contributed by atoms with Crippen LogP contribution in [0.25, 0.3) is 0 Å². The Labute approximate surface area is 450 Å². The quantitative estimate of drug-likeness (QED) is 0.0261. The maximum Gasteiger partial charge on any atom is 0.306 e. The zero-order valence-electron chi connectivity index (χ0n) is 47.4. The van der Waals surface area contributed by atoms with Crippen LogP contribution in [-0.2, 0) is 28.6 Å². The molecule has 0 spiro atoms. The van der Waals surface area contributed by atoms with E-state index in [-0.39, 0.29) is 44.0 Å². The van der Waals surface area contributed by atoms with E-state index in [0.717, 1.165) is 96.3 Å². The second kappa shape index (κ2) is 60.4. The first-order valence-corrected chi connectivity index (χ1v) is 30.0. The average molecular weight is 1010 g/mol. The minimum Gasteiger partial charge on any atom is -0.462 e. The third-order valence-corrected chi connectivity index (χ3v) is 12.5. The molecule has 0 fully saturated rings. The molecular formula is C67H110O6. The van der Waals surface area contributed by atoms with Gasteiger partial charge in [-0.25, -0.2) is 0 Å². The van der Waals surface area contributed by atoms with Crippen molar-refractivity contribution in [3.63, 3.8) is 0 Å². The molecule has 0 bridgehead atoms. The lowest BCUT2D eigenvalue weighted by Gasteiger charge is -2.18. The summed E-state index contributed by atoms with van der Waals surface area (Å²) in [7, 11) is 0. The van der Waals surface area contributed by atoms with Crippen LogP contribution >= 0.6 is 0 Å². The van der Waals surface area contributed by atoms with Crippen LogP contribution in [0, 0.1) is 0 Å². The van der Waals surface area contributed by atoms with Crippen molar-refractivity contribution in [3.05, 3.63) is 122 Å². The Bertz CT molecular complexity index is 1540. The van der Waals surface area contributed by atoms with Gasteiger partial charge in [0, 0.05) is 19.3 Å². The molecule has 6 nitrogen and oxygen atoms in total. The maximum absolute atomic E-state index is 12.9. The van der Waals surface area contributed by atoms with E-state index in [2.05, 4.69) is 130 Å². The van der Waals surface area contributed by atoms with Crippen LogP contribution in [0.1, 0.15) is 265 Å². The van der Waals surface area contributed by atoms with Crippen LogP contribution in [0.5, 0.6) is 0 Å². The molecule has 0 aromatic heterocycles. The van der Waals surface area contributed by atoms with Crippen molar-refractivity contribution in [2.45, 2.75) is 271 Å². The lowest BCUT2D eigenvalue weighted by atomic mass is 10.0. The first-order chi connectivity index (χ1) is 36.0. The molecule has 1 unspecified atom stereocenters. The van der Waals surface area contributed by atoms with Crippen molar-refractivity contribution in [2.75, 3.05) is 13.2 Å². The van der Waals surface area contributed by atoms with Crippen LogP contribution in [0.4, 0.5) is 0 Å². The zero-order chi connectivity index (χ0) is 52.9. The second-order valence-electron chi connectivity index (χ2n) is 19.5. The van der Waals surface area contributed by atoms with Gasteiger partial charge in [0.15, 0.2) is 6.10 Å². The molecule has 0 aliphatic heterocycles. The van der Waals surface area contributed by atoms with E-state index in [1.165, 1.54) is 116 Å². The lowest BCUT2D eigenvalue weighted by Crippen LogP contribution is -2.30. The number of allylic oxidation sites excluding steroid dienone is 20. The van der Waals surface area contributed by atoms with Gasteiger partial charge < -0.3 is 14.2 Å². The Balaban J connectivity index is 4.47. The van der Waals surface area contributed by atoms with Crippen molar-refractivity contribution >= 4 is 17.9 Å². The first-order valence-electron chi connectivity index (χ1n) is 30.0. The minimum atomic E-state index is -0.827. The Morgan fingerprint density at radius 1 is 0.288 bits per heavy atom. The number of ether oxygens (including phenoxy) is 3. The summed E-state index contributed by atoms with van der Waals surface area (Å²) in [6, 6.07) is 0. The maximum atomic E-state index is 12.9. The minimum absolute atomic E-state index is 0.124. The van der Waals surface area contributed by atoms with Gasteiger partial charge >= 0.3 is 17.9 Å². The average Bonchev–Trinajstić information content (AvgIpc) is 3.39. The number of hydrogen-bond donors (Lipinski definition) is 0. The van der Waals surface area contributed by atoms with Crippen molar-refractivity contribution in [1.29, 1.82) is 0 Å². The molecule has 0 aliphatic carbocycles. The van der Waals surface area contributed by atoms with Gasteiger partial charge in [-0.1, -0.05) is 271 Å². The molecule has 0 saturated carbocycles. The van der Waals surface area contributed by atoms with Crippen molar-refractivity contribution in [1.82, 2.24) is 0 Å². The molecule has 414 valence electrons. The van der Waals surface area contributed by atoms with Gasteiger partial charge in [0.1, 0.15) is 13.2 Å². The summed E-state index contributed by atoms with van der Waals surface area (Å²) in [4.78, 5) is 38.2. The Morgan fingerprint density at radius 2 is 0.562 bits per heavy atom. The molecule has 0 saturated heterocycles. The van der Waals surface area contributed by atoms with Gasteiger partial charge in [-0.2, -0.15) is 0 Å². The van der Waals surface area contributed by atoms with Crippen LogP contribution in [0.15, 0.2) is 122 Å². The number of esters is 3. The Morgan fingerprint density at radius 3 is 0.918 bits per heavy atom. The summed E-state index contributed by atoms with van der Waals surface area (Å²) >= 11 is 0. The number of unbranched alkanes of at least 4 members (excludes halogenated alkanes) is 22. The van der Waals surface area contributed by atoms with Crippen molar-refractivity contribution in [3.8, 4) is 0 Å². The summed E-state index contributed by atoms with van der Waals surface area (Å²) in [6.07, 6.45) is 83.6. The predicted octanol–water partition coefficient (Wildman–Crippen LogP) is 20.4. The molecule has 0 heterocycles. The second-order valence-corrected chi connectivity index (χ2v) is 19.5. The number of carbonyl (C=O) groups excluding carboxylic acids is 3. The highest BCUT2D eigenvalue weighted by Crippen LogP contribution is 2.16. The monoisotopic (exact) mass is 1010 g/mol. The molecule has 73 heavy (non-hydrogen) atoms. The topological polar surface area (TPSA) is 78.9 Å². The molecule has 6 heteroatoms. The molecule has 1 atom stereocenters. The molecule has 0 aromatic rings. The van der Waals surface area contributed by atoms with Crippen LogP contribution < -0.4 is 0 Å². The Kier molecular flexibility index (Phi) is 56.9. The predicted molar refractivity (Wildman–Crippen MR) is 316 cm³/mol. The molecule has 0 aliphatic rings. The van der Waals surface area contributed by atoms with E-state index in [4.69, 9.17) is 14.2 Å². The fraction of sp³-hybridized carbons (Fsp3) is 0.657. The highest BCUT2D eigenvalue weighted by atomic mass is 16.6. The summed E-state index contributed by atoms with van der Waals surface area (Å²) in [5, 5.41) is 0. The van der Waals surface area contributed by atoms with Gasteiger partial charge in [0.25, 0.3) is 0 Å². The Hall–Kier alpha value is -4.19. The highest BCUT2D eigenvalue weighted by molar-refractivity contribution is 5.71. The van der Waals surface area contributed by atoms with Gasteiger partial charge in [0.2, 0.25) is 0 Å². The highest BCUT2D eigenvalue weighted by Gasteiger charge is 2.19. The van der Waals surface area contributed by atoms with Gasteiger partial charge in [-0.15, -0.1) is 0 Å². The van der Waals surface area contributed by atoms with E-state index in [1.807, 2.05) is 12.2 Å². The third kappa shape index (κ3) is 58.6. The molecule has 0 aromatic carbocycles. The van der Waals surface area contributed by atoms with Crippen LogP contribution in [0.2, 0.25) is 0 Å². The van der Waals surface area contributed by atoms with Crippen molar-refractivity contribution < 1.29 is 28.6 Å². The summed E-state index contributed by atoms with van der Waals surface area (Å²) in [5.41, 5.74) is 0. The largest absolute Gasteiger partial charge is 0.462 e. The summed E-state index contributed by atoms with van der Waals surface area (Å²) < 4.78 is 16.8. The summed E-state index contributed by atoms with van der Waals surface area (Å²) in [6.45, 7) is 6.32. The van der Waals surface area contributed by atoms with Gasteiger partial charge in [0.05, 0.1) is 0 Å². The molecule has 0 amide bonds. The van der Waals surface area contributed by atoms with Crippen molar-refractivity contribution in [2.24, 2.45) is 0 Å². The van der Waals surface area contributed by atoms with Gasteiger partial charge in [-0.05, 0) is 96.3 Å². The first kappa shape index (κ1) is 68.8. The molecular weight excluding hydrogens is 901 g/mol. The van der Waals surface area contributed by atoms with E-state index in [0.29, 0.717) is 19.3 Å². The summed E-state index contributed by atoms with van der Waals surface area (Å²) in [5.74, 6) is -1.04. The number of rotatable bonds is 53. The van der Waals surface area contributed by atoms with E-state index >= 15 is 0 Å². The number of hydrogen-bond acceptors (Lipinski definition) is 6. The SMILES string of the molecule is CC/C=C\C/C=C\C/C=C\C/C=C\C/C=C\C/C=C\CCCCC(=O)OCC(COC(=O)CC/C=C\C/C=C\C/C=C\C/C=C\CC)OC(=O)CCCCCCCCCCCCCCCCCCCCCCC. The van der Waals surface area contributed by atoms with E-state index in [9.17, 15) is 14.4 Å². The normalized spacial score (nSPS) is 13.0. The van der Waals surface area contributed by atoms with Crippen LogP contribution in [-0.4, -0.2) is 37.2 Å². The zero-order valence-corrected chi connectivity index (χ0v) is 47.4. The van der Waals surface area contributed by atoms with E-state index in [1.54, 1.807) is 0 Å². The number of carbonyl (C=O) groups is 3. The fourth-order valence-corrected chi connectivity index (χ4v) is 8.05. The molecule has 0 N–H and O–H groups in total. The third-order valence-electron chi connectivity index (χ3n) is 12.5. The van der Waals surface area contributed by atoms with Gasteiger partial charge in [-0.3, -0.25) is 14.4 Å². The lowest BCUT2D eigenvalue weighted by molar-refractivity contribution is -0.166. The van der Waals surface area contributed by atoms with Crippen LogP contribution in [0.3, 0.4) is 0 Å². The molecule has 0 rings (SSSR count). The standard InChI is InChI=1S/C67H110O6/c1-4-7-10-13-16-19-22-25-27-29-31-33-35-37-39-42-45-48-51-54-57-60-66(69)72-63-64(62-71-65(68)59-56-53-50-47-44-41-24-21-18-15-12-9-6-3)73-67(70)61-58-55-52-49-46-43-40-38-36-34-32-30-28-26-23-20-17-14-11-8-5-2/h7,9-10,12,16,18-19,21,25,27,31,33,37,39,41,44-45,48,50,53,64H,4-6,8,11,13-15,17,20,22-24,26,28-30,32,34-36,38,40,42-43,46-47,49,51-52,54-63H2,1-3H3/b10-7-,12-9-,19-16-,21-18-,27-25-,33-31-,39-37-,44-41-,48-45-,53-50-. The smallest absolute Gasteiger partial charge is 0.306 e.